The van der Waals surface area contributed by atoms with Gasteiger partial charge in [0.2, 0.25) is 0 Å². The predicted octanol–water partition coefficient (Wildman–Crippen LogP) is 1.42. The van der Waals surface area contributed by atoms with Crippen molar-refractivity contribution in [3.05, 3.63) is 12.0 Å². The number of rotatable bonds is 6. The molecule has 0 aliphatic carbocycles. The first-order chi connectivity index (χ1) is 7.45. The largest absolute Gasteiger partial charge is 0.334 e. The standard InChI is InChI=1S/C10H19N3O2S/c1-3-4-5-6-7-13-8-10(12-9(13)2)16(11,14)15/h8H,3-7H2,1-2H3,(H2,11,14,15). The molecule has 0 unspecified atom stereocenters. The van der Waals surface area contributed by atoms with Crippen LogP contribution in [0.25, 0.3) is 0 Å². The molecule has 0 bridgehead atoms. The maximum absolute atomic E-state index is 11.1. The quantitative estimate of drug-likeness (QED) is 0.770. The van der Waals surface area contributed by atoms with Gasteiger partial charge in [0.05, 0.1) is 0 Å². The molecule has 1 aromatic rings. The van der Waals surface area contributed by atoms with Crippen LogP contribution in [0.3, 0.4) is 0 Å². The molecule has 2 N–H and O–H groups in total. The van der Waals surface area contributed by atoms with Gasteiger partial charge in [0.15, 0.2) is 5.03 Å². The van der Waals surface area contributed by atoms with Gasteiger partial charge in [0, 0.05) is 12.7 Å². The van der Waals surface area contributed by atoms with Gasteiger partial charge >= 0.3 is 0 Å². The number of nitrogens with two attached hydrogens (primary N) is 1. The van der Waals surface area contributed by atoms with Crippen LogP contribution in [0.1, 0.15) is 38.4 Å². The van der Waals surface area contributed by atoms with Gasteiger partial charge in [0.1, 0.15) is 5.82 Å². The molecule has 0 saturated heterocycles. The van der Waals surface area contributed by atoms with E-state index in [9.17, 15) is 8.42 Å². The maximum Gasteiger partial charge on any atom is 0.257 e. The van der Waals surface area contributed by atoms with Crippen LogP contribution in [-0.4, -0.2) is 18.0 Å². The molecule has 0 fully saturated rings. The molecule has 0 aliphatic heterocycles. The third-order valence-electron chi connectivity index (χ3n) is 2.50. The van der Waals surface area contributed by atoms with Gasteiger partial charge in [-0.15, -0.1) is 0 Å². The Hall–Kier alpha value is -0.880. The zero-order valence-corrected chi connectivity index (χ0v) is 10.6. The topological polar surface area (TPSA) is 78.0 Å². The van der Waals surface area contributed by atoms with Crippen LogP contribution >= 0.6 is 0 Å². The van der Waals surface area contributed by atoms with Crippen molar-refractivity contribution in [3.8, 4) is 0 Å². The van der Waals surface area contributed by atoms with Crippen molar-refractivity contribution in [2.24, 2.45) is 5.14 Å². The Morgan fingerprint density at radius 3 is 2.56 bits per heavy atom. The second-order valence-corrected chi connectivity index (χ2v) is 5.43. The molecule has 5 nitrogen and oxygen atoms in total. The van der Waals surface area contributed by atoms with Crippen LogP contribution in [0.4, 0.5) is 0 Å². The molecule has 16 heavy (non-hydrogen) atoms. The number of hydrogen-bond donors (Lipinski definition) is 1. The highest BCUT2D eigenvalue weighted by atomic mass is 32.2. The summed E-state index contributed by atoms with van der Waals surface area (Å²) in [7, 11) is -3.67. The number of sulfonamides is 1. The molecule has 0 amide bonds. The molecule has 92 valence electrons. The van der Waals surface area contributed by atoms with E-state index >= 15 is 0 Å². The fraction of sp³-hybridized carbons (Fsp3) is 0.700. The Kier molecular flexibility index (Phi) is 4.49. The summed E-state index contributed by atoms with van der Waals surface area (Å²) in [5.74, 6) is 0.695. The number of aryl methyl sites for hydroxylation is 2. The van der Waals surface area contributed by atoms with Crippen molar-refractivity contribution in [3.63, 3.8) is 0 Å². The van der Waals surface area contributed by atoms with Crippen LogP contribution in [0.15, 0.2) is 11.2 Å². The summed E-state index contributed by atoms with van der Waals surface area (Å²) in [6.07, 6.45) is 6.09. The molecule has 1 heterocycles. The minimum absolute atomic E-state index is 0.0412. The molecule has 0 saturated carbocycles. The zero-order chi connectivity index (χ0) is 12.2. The van der Waals surface area contributed by atoms with Gasteiger partial charge in [-0.25, -0.2) is 18.5 Å². The van der Waals surface area contributed by atoms with Gasteiger partial charge in [0.25, 0.3) is 10.0 Å². The van der Waals surface area contributed by atoms with E-state index in [-0.39, 0.29) is 5.03 Å². The molecular weight excluding hydrogens is 226 g/mol. The Morgan fingerprint density at radius 1 is 1.38 bits per heavy atom. The van der Waals surface area contributed by atoms with E-state index in [0.717, 1.165) is 19.4 Å². The average molecular weight is 245 g/mol. The first kappa shape index (κ1) is 13.2. The lowest BCUT2D eigenvalue weighted by atomic mass is 10.2. The minimum atomic E-state index is -3.67. The van der Waals surface area contributed by atoms with Crippen molar-refractivity contribution in [2.45, 2.75) is 51.1 Å². The Balaban J connectivity index is 2.64. The van der Waals surface area contributed by atoms with Gasteiger partial charge in [-0.1, -0.05) is 26.2 Å². The van der Waals surface area contributed by atoms with E-state index < -0.39 is 10.0 Å². The Morgan fingerprint density at radius 2 is 2.06 bits per heavy atom. The number of unbranched alkanes of at least 4 members (excludes halogenated alkanes) is 3. The lowest BCUT2D eigenvalue weighted by molar-refractivity contribution is 0.572. The lowest BCUT2D eigenvalue weighted by Crippen LogP contribution is -2.12. The van der Waals surface area contributed by atoms with Crippen molar-refractivity contribution >= 4 is 10.0 Å². The first-order valence-electron chi connectivity index (χ1n) is 5.51. The van der Waals surface area contributed by atoms with Crippen LogP contribution in [0.2, 0.25) is 0 Å². The van der Waals surface area contributed by atoms with E-state index in [1.807, 2.05) is 4.57 Å². The van der Waals surface area contributed by atoms with Crippen LogP contribution in [0, 0.1) is 6.92 Å². The number of hydrogen-bond acceptors (Lipinski definition) is 3. The summed E-state index contributed by atoms with van der Waals surface area (Å²) in [6.45, 7) is 4.74. The van der Waals surface area contributed by atoms with Crippen molar-refractivity contribution in [2.75, 3.05) is 0 Å². The Bertz CT molecular complexity index is 437. The van der Waals surface area contributed by atoms with Gasteiger partial charge in [-0.3, -0.25) is 0 Å². The summed E-state index contributed by atoms with van der Waals surface area (Å²) in [5.41, 5.74) is 0. The molecule has 6 heteroatoms. The summed E-state index contributed by atoms with van der Waals surface area (Å²) in [5, 5.41) is 4.97. The smallest absolute Gasteiger partial charge is 0.257 e. The number of primary sulfonamides is 1. The van der Waals surface area contributed by atoms with Crippen molar-refractivity contribution in [1.29, 1.82) is 0 Å². The number of nitrogens with zero attached hydrogens (tertiary/aromatic N) is 2. The highest BCUT2D eigenvalue weighted by molar-refractivity contribution is 7.89. The number of aromatic nitrogens is 2. The number of imidazole rings is 1. The molecule has 0 aliphatic rings. The van der Waals surface area contributed by atoms with E-state index in [1.54, 1.807) is 6.92 Å². The second-order valence-electron chi connectivity index (χ2n) is 3.93. The molecule has 0 atom stereocenters. The van der Waals surface area contributed by atoms with Crippen LogP contribution in [0.5, 0.6) is 0 Å². The van der Waals surface area contributed by atoms with Gasteiger partial charge in [-0.2, -0.15) is 0 Å². The highest BCUT2D eigenvalue weighted by Gasteiger charge is 2.13. The van der Waals surface area contributed by atoms with Crippen molar-refractivity contribution < 1.29 is 8.42 Å². The van der Waals surface area contributed by atoms with Crippen molar-refractivity contribution in [1.82, 2.24) is 9.55 Å². The lowest BCUT2D eigenvalue weighted by Gasteiger charge is -2.03. The van der Waals surface area contributed by atoms with E-state index in [2.05, 4.69) is 11.9 Å². The monoisotopic (exact) mass is 245 g/mol. The SMILES string of the molecule is CCCCCCn1cc(S(N)(=O)=O)nc1C. The molecule has 1 rings (SSSR count). The van der Waals surface area contributed by atoms with Crippen LogP contribution < -0.4 is 5.14 Å². The third kappa shape index (κ3) is 3.61. The maximum atomic E-state index is 11.1. The van der Waals surface area contributed by atoms with E-state index in [1.165, 1.54) is 19.0 Å². The predicted molar refractivity (Wildman–Crippen MR) is 62.5 cm³/mol. The summed E-state index contributed by atoms with van der Waals surface area (Å²) in [4.78, 5) is 3.93. The summed E-state index contributed by atoms with van der Waals surface area (Å²) < 4.78 is 24.0. The second kappa shape index (κ2) is 5.45. The molecule has 1 aromatic heterocycles. The molecule has 0 aromatic carbocycles. The average Bonchev–Trinajstić information content (AvgIpc) is 2.55. The van der Waals surface area contributed by atoms with Crippen LogP contribution in [-0.2, 0) is 16.6 Å². The fourth-order valence-corrected chi connectivity index (χ4v) is 2.09. The summed E-state index contributed by atoms with van der Waals surface area (Å²) >= 11 is 0. The van der Waals surface area contributed by atoms with E-state index in [4.69, 9.17) is 5.14 Å². The molecular formula is C10H19N3O2S. The molecule has 0 radical (unpaired) electrons. The normalized spacial score (nSPS) is 11.9. The van der Waals surface area contributed by atoms with E-state index in [0.29, 0.717) is 5.82 Å². The Labute approximate surface area is 96.7 Å². The highest BCUT2D eigenvalue weighted by Crippen LogP contribution is 2.09. The fourth-order valence-electron chi connectivity index (χ4n) is 1.55. The third-order valence-corrected chi connectivity index (χ3v) is 3.28. The zero-order valence-electron chi connectivity index (χ0n) is 9.81. The molecule has 0 spiro atoms. The first-order valence-corrected chi connectivity index (χ1v) is 7.06. The summed E-state index contributed by atoms with van der Waals surface area (Å²) in [6, 6.07) is 0. The minimum Gasteiger partial charge on any atom is -0.334 e. The van der Waals surface area contributed by atoms with Gasteiger partial charge in [-0.05, 0) is 13.3 Å². The van der Waals surface area contributed by atoms with Gasteiger partial charge < -0.3 is 4.57 Å².